The summed E-state index contributed by atoms with van der Waals surface area (Å²) >= 11 is 12.0. The Morgan fingerprint density at radius 3 is 2.27 bits per heavy atom. The highest BCUT2D eigenvalue weighted by Gasteiger charge is 2.37. The average Bonchev–Trinajstić information content (AvgIpc) is 2.77. The number of hydrogen-bond donors (Lipinski definition) is 0. The van der Waals surface area contributed by atoms with Crippen molar-refractivity contribution in [3.8, 4) is 0 Å². The van der Waals surface area contributed by atoms with Crippen LogP contribution in [-0.2, 0) is 9.84 Å². The van der Waals surface area contributed by atoms with E-state index in [1.165, 1.54) is 48.5 Å². The number of nitrogens with zero attached hydrogens (tertiary/aromatic N) is 1. The molecule has 0 saturated heterocycles. The summed E-state index contributed by atoms with van der Waals surface area (Å²) in [6, 6.07) is 14.7. The molecule has 0 fully saturated rings. The molecule has 0 bridgehead atoms. The molecule has 1 atom stereocenters. The van der Waals surface area contributed by atoms with E-state index in [4.69, 9.17) is 23.2 Å². The highest BCUT2D eigenvalue weighted by atomic mass is 35.5. The number of halogens is 2. The van der Waals surface area contributed by atoms with Crippen molar-refractivity contribution in [2.75, 3.05) is 0 Å². The second kappa shape index (κ2) is 9.82. The third-order valence-electron chi connectivity index (χ3n) is 4.96. The summed E-state index contributed by atoms with van der Waals surface area (Å²) < 4.78 is 26.9. The smallest absolute Gasteiger partial charge is 0.270 e. The van der Waals surface area contributed by atoms with Crippen LogP contribution in [0.5, 0.6) is 0 Å². The van der Waals surface area contributed by atoms with Gasteiger partial charge < -0.3 is 0 Å². The molecule has 3 rings (SSSR count). The topological polar surface area (TPSA) is 111 Å². The lowest BCUT2D eigenvalue weighted by Gasteiger charge is -2.17. The van der Waals surface area contributed by atoms with E-state index >= 15 is 0 Å². The Balaban J connectivity index is 2.07. The Morgan fingerprint density at radius 1 is 1.00 bits per heavy atom. The summed E-state index contributed by atoms with van der Waals surface area (Å²) in [4.78, 5) is 36.5. The van der Waals surface area contributed by atoms with Gasteiger partial charge in [-0.3, -0.25) is 19.7 Å². The number of rotatable bonds is 8. The third kappa shape index (κ3) is 5.47. The van der Waals surface area contributed by atoms with Crippen LogP contribution in [0.4, 0.5) is 5.69 Å². The first-order valence-corrected chi connectivity index (χ1v) is 11.9. The predicted molar refractivity (Wildman–Crippen MR) is 125 cm³/mol. The number of Topliss-reactive ketones (excluding diaryl/α,β-unsaturated/α-hetero) is 2. The molecule has 0 radical (unpaired) electrons. The fourth-order valence-electron chi connectivity index (χ4n) is 3.18. The van der Waals surface area contributed by atoms with Crippen LogP contribution < -0.4 is 0 Å². The number of hydrogen-bond acceptors (Lipinski definition) is 6. The van der Waals surface area contributed by atoms with Gasteiger partial charge in [0, 0.05) is 34.7 Å². The molecule has 0 aliphatic rings. The largest absolute Gasteiger partial charge is 0.294 e. The zero-order valence-corrected chi connectivity index (χ0v) is 19.5. The maximum absolute atomic E-state index is 13.4. The predicted octanol–water partition coefficient (Wildman–Crippen LogP) is 5.51. The molecular formula is C23H17Cl2NO6S. The Bertz CT molecular complexity index is 1350. The Hall–Kier alpha value is -3.07. The molecule has 0 aliphatic carbocycles. The molecule has 0 unspecified atom stereocenters. The van der Waals surface area contributed by atoms with Crippen LogP contribution in [0.25, 0.3) is 0 Å². The molecule has 3 aromatic rings. The van der Waals surface area contributed by atoms with E-state index in [0.717, 1.165) is 11.6 Å². The molecular weight excluding hydrogens is 489 g/mol. The highest BCUT2D eigenvalue weighted by molar-refractivity contribution is 7.92. The molecule has 3 aromatic carbocycles. The number of nitro groups is 1. The second-order valence-corrected chi connectivity index (χ2v) is 10.2. The number of sulfone groups is 1. The van der Waals surface area contributed by atoms with E-state index in [2.05, 4.69) is 0 Å². The van der Waals surface area contributed by atoms with Gasteiger partial charge in [0.2, 0.25) is 0 Å². The molecule has 0 aromatic heterocycles. The van der Waals surface area contributed by atoms with Crippen LogP contribution in [0.1, 0.15) is 32.7 Å². The molecule has 0 saturated carbocycles. The number of non-ortho nitro benzene ring substituents is 1. The first-order valence-electron chi connectivity index (χ1n) is 9.58. The zero-order chi connectivity index (χ0) is 24.3. The van der Waals surface area contributed by atoms with Crippen LogP contribution in [0, 0.1) is 17.0 Å². The minimum absolute atomic E-state index is 0.0561. The van der Waals surface area contributed by atoms with E-state index in [0.29, 0.717) is 0 Å². The summed E-state index contributed by atoms with van der Waals surface area (Å²) in [5.74, 6) is -1.62. The lowest BCUT2D eigenvalue weighted by Crippen LogP contribution is -2.33. The number of carbonyl (C=O) groups excluding carboxylic acids is 2. The Labute approximate surface area is 200 Å². The van der Waals surface area contributed by atoms with E-state index in [1.807, 2.05) is 0 Å². The lowest BCUT2D eigenvalue weighted by atomic mass is 10.0. The zero-order valence-electron chi connectivity index (χ0n) is 17.2. The van der Waals surface area contributed by atoms with Crippen molar-refractivity contribution < 1.29 is 22.9 Å². The highest BCUT2D eigenvalue weighted by Crippen LogP contribution is 2.29. The van der Waals surface area contributed by atoms with Crippen molar-refractivity contribution in [2.45, 2.75) is 23.5 Å². The fourth-order valence-corrected chi connectivity index (χ4v) is 5.30. The van der Waals surface area contributed by atoms with Crippen molar-refractivity contribution >= 4 is 50.3 Å². The van der Waals surface area contributed by atoms with Crippen LogP contribution in [-0.4, -0.2) is 30.2 Å². The number of benzene rings is 3. The quantitative estimate of drug-likeness (QED) is 0.226. The summed E-state index contributed by atoms with van der Waals surface area (Å²) in [6.45, 7) is 1.78. The van der Waals surface area contributed by atoms with Crippen LogP contribution in [0.3, 0.4) is 0 Å². The normalized spacial score (nSPS) is 12.2. The van der Waals surface area contributed by atoms with Gasteiger partial charge in [0.25, 0.3) is 5.69 Å². The number of ketones is 2. The van der Waals surface area contributed by atoms with Crippen molar-refractivity contribution in [2.24, 2.45) is 0 Å². The monoisotopic (exact) mass is 505 g/mol. The van der Waals surface area contributed by atoms with E-state index < -0.39 is 38.0 Å². The van der Waals surface area contributed by atoms with E-state index in [1.54, 1.807) is 19.1 Å². The van der Waals surface area contributed by atoms with Gasteiger partial charge in [-0.1, -0.05) is 53.0 Å². The number of carbonyl (C=O) groups is 2. The van der Waals surface area contributed by atoms with Crippen LogP contribution in [0.2, 0.25) is 10.0 Å². The van der Waals surface area contributed by atoms with Gasteiger partial charge in [-0.25, -0.2) is 8.42 Å². The number of aryl methyl sites for hydroxylation is 1. The summed E-state index contributed by atoms with van der Waals surface area (Å²) in [7, 11) is -4.32. The molecule has 0 aliphatic heterocycles. The van der Waals surface area contributed by atoms with E-state index in [9.17, 15) is 28.1 Å². The van der Waals surface area contributed by atoms with Gasteiger partial charge in [0.1, 0.15) is 5.25 Å². The van der Waals surface area contributed by atoms with Crippen LogP contribution in [0.15, 0.2) is 71.6 Å². The minimum Gasteiger partial charge on any atom is -0.294 e. The molecule has 10 heteroatoms. The molecule has 0 heterocycles. The van der Waals surface area contributed by atoms with Gasteiger partial charge in [0.05, 0.1) is 14.8 Å². The van der Waals surface area contributed by atoms with Gasteiger partial charge in [-0.2, -0.15) is 0 Å². The maximum Gasteiger partial charge on any atom is 0.270 e. The first-order chi connectivity index (χ1) is 15.5. The first kappa shape index (κ1) is 24.6. The van der Waals surface area contributed by atoms with Crippen LogP contribution >= 0.6 is 23.2 Å². The standard InChI is InChI=1S/C23H17Cl2NO6S/c1-14-5-8-18(9-6-14)33(31,32)22(23(28)19-10-7-16(24)12-20(19)25)13-21(27)15-3-2-4-17(11-15)26(29)30/h2-12,22H,13H2,1H3/t22-/m1/s1. The van der Waals surface area contributed by atoms with Gasteiger partial charge in [-0.05, 0) is 37.3 Å². The van der Waals surface area contributed by atoms with Crippen molar-refractivity contribution in [3.05, 3.63) is 104 Å². The molecule has 0 spiro atoms. The number of nitro benzene ring substituents is 1. The minimum atomic E-state index is -4.32. The van der Waals surface area contributed by atoms with Gasteiger partial charge >= 0.3 is 0 Å². The van der Waals surface area contributed by atoms with E-state index in [-0.39, 0.29) is 31.8 Å². The van der Waals surface area contributed by atoms with Crippen molar-refractivity contribution in [3.63, 3.8) is 0 Å². The van der Waals surface area contributed by atoms with Gasteiger partial charge in [-0.15, -0.1) is 0 Å². The molecule has 0 amide bonds. The van der Waals surface area contributed by atoms with Crippen molar-refractivity contribution in [1.82, 2.24) is 0 Å². The lowest BCUT2D eigenvalue weighted by molar-refractivity contribution is -0.384. The fraction of sp³-hybridized carbons (Fsp3) is 0.130. The van der Waals surface area contributed by atoms with Gasteiger partial charge in [0.15, 0.2) is 21.4 Å². The van der Waals surface area contributed by atoms with Crippen molar-refractivity contribution in [1.29, 1.82) is 0 Å². The summed E-state index contributed by atoms with van der Waals surface area (Å²) in [5, 5.41) is 9.44. The Morgan fingerprint density at radius 2 is 1.67 bits per heavy atom. The second-order valence-electron chi connectivity index (χ2n) is 7.27. The molecule has 7 nitrogen and oxygen atoms in total. The Kier molecular flexibility index (Phi) is 7.31. The summed E-state index contributed by atoms with van der Waals surface area (Å²) in [6.07, 6.45) is -0.727. The average molecular weight is 506 g/mol. The summed E-state index contributed by atoms with van der Waals surface area (Å²) in [5.41, 5.74) is 0.299. The maximum atomic E-state index is 13.4. The molecule has 0 N–H and O–H groups in total. The third-order valence-corrected chi connectivity index (χ3v) is 7.57. The SMILES string of the molecule is Cc1ccc(S(=O)(=O)[C@H](CC(=O)c2cccc([N+](=O)[O-])c2)C(=O)c2ccc(Cl)cc2Cl)cc1. The molecule has 33 heavy (non-hydrogen) atoms. The molecule has 170 valence electrons.